The van der Waals surface area contributed by atoms with E-state index in [-0.39, 0.29) is 0 Å². The molecule has 0 spiro atoms. The predicted molar refractivity (Wildman–Crippen MR) is 83.4 cm³/mol. The van der Waals surface area contributed by atoms with Gasteiger partial charge in [-0.2, -0.15) is 0 Å². The van der Waals surface area contributed by atoms with Gasteiger partial charge in [-0.15, -0.1) is 0 Å². The highest BCUT2D eigenvalue weighted by Crippen LogP contribution is 2.37. The molecule has 0 aliphatic carbocycles. The molecule has 5 unspecified atom stereocenters. The van der Waals surface area contributed by atoms with Crippen LogP contribution in [0.5, 0.6) is 0 Å². The van der Waals surface area contributed by atoms with E-state index in [1.54, 1.807) is 0 Å². The second-order valence-corrected chi connectivity index (χ2v) is 7.64. The van der Waals surface area contributed by atoms with E-state index in [9.17, 15) is 0 Å². The van der Waals surface area contributed by atoms with E-state index in [1.165, 1.54) is 19.3 Å². The van der Waals surface area contributed by atoms with Gasteiger partial charge in [0.15, 0.2) is 0 Å². The third-order valence-corrected chi connectivity index (χ3v) is 4.65. The molecule has 0 radical (unpaired) electrons. The van der Waals surface area contributed by atoms with E-state index in [1.807, 2.05) is 0 Å². The van der Waals surface area contributed by atoms with Crippen LogP contribution in [-0.2, 0) is 4.74 Å². The fourth-order valence-corrected chi connectivity index (χ4v) is 3.34. The third-order valence-electron chi connectivity index (χ3n) is 4.65. The molecule has 1 N–H and O–H groups in total. The summed E-state index contributed by atoms with van der Waals surface area (Å²) in [6.07, 6.45) is 4.54. The van der Waals surface area contributed by atoms with Crippen LogP contribution in [0, 0.1) is 17.3 Å². The van der Waals surface area contributed by atoms with Gasteiger partial charge in [0.2, 0.25) is 0 Å². The summed E-state index contributed by atoms with van der Waals surface area (Å²) >= 11 is 0. The van der Waals surface area contributed by atoms with Gasteiger partial charge in [0, 0.05) is 12.0 Å². The molecule has 0 aromatic carbocycles. The van der Waals surface area contributed by atoms with Crippen molar-refractivity contribution in [3.05, 3.63) is 0 Å². The van der Waals surface area contributed by atoms with Gasteiger partial charge >= 0.3 is 0 Å². The molecule has 0 bridgehead atoms. The highest BCUT2D eigenvalue weighted by Gasteiger charge is 2.41. The smallest absolute Gasteiger partial charge is 0.0597 e. The quantitative estimate of drug-likeness (QED) is 0.778. The van der Waals surface area contributed by atoms with E-state index in [0.29, 0.717) is 35.5 Å². The maximum absolute atomic E-state index is 6.04. The lowest BCUT2D eigenvalue weighted by Gasteiger charge is -2.32. The van der Waals surface area contributed by atoms with Crippen LogP contribution in [0.15, 0.2) is 0 Å². The number of hydrogen-bond acceptors (Lipinski definition) is 2. The summed E-state index contributed by atoms with van der Waals surface area (Å²) in [6.45, 7) is 17.2. The molecule has 0 aromatic rings. The fraction of sp³-hybridized carbons (Fsp3) is 1.00. The fourth-order valence-electron chi connectivity index (χ4n) is 3.34. The lowest BCUT2D eigenvalue weighted by atomic mass is 9.78. The van der Waals surface area contributed by atoms with E-state index < -0.39 is 0 Å². The predicted octanol–water partition coefficient (Wildman–Crippen LogP) is 4.24. The molecule has 0 saturated carbocycles. The molecule has 114 valence electrons. The van der Waals surface area contributed by atoms with Gasteiger partial charge in [0.05, 0.1) is 12.2 Å². The molecule has 2 heteroatoms. The van der Waals surface area contributed by atoms with Crippen molar-refractivity contribution in [1.29, 1.82) is 0 Å². The van der Waals surface area contributed by atoms with Gasteiger partial charge in [-0.05, 0) is 51.0 Å². The molecular formula is C17H35NO. The first-order valence-electron chi connectivity index (χ1n) is 8.15. The molecule has 1 heterocycles. The van der Waals surface area contributed by atoms with Crippen LogP contribution >= 0.6 is 0 Å². The van der Waals surface area contributed by atoms with Crippen LogP contribution in [0.1, 0.15) is 67.7 Å². The van der Waals surface area contributed by atoms with Crippen molar-refractivity contribution < 1.29 is 4.74 Å². The molecule has 1 rings (SSSR count). The van der Waals surface area contributed by atoms with Crippen LogP contribution in [0.3, 0.4) is 0 Å². The average molecular weight is 269 g/mol. The molecule has 19 heavy (non-hydrogen) atoms. The third kappa shape index (κ3) is 5.07. The van der Waals surface area contributed by atoms with Crippen molar-refractivity contribution in [2.45, 2.75) is 86.0 Å². The Labute approximate surface area is 120 Å². The minimum Gasteiger partial charge on any atom is -0.375 e. The van der Waals surface area contributed by atoms with Crippen molar-refractivity contribution in [1.82, 2.24) is 5.32 Å². The molecule has 0 aromatic heterocycles. The molecule has 2 nitrogen and oxygen atoms in total. The lowest BCUT2D eigenvalue weighted by Crippen LogP contribution is -2.42. The van der Waals surface area contributed by atoms with Crippen LogP contribution in [0.2, 0.25) is 0 Å². The average Bonchev–Trinajstić information content (AvgIpc) is 2.53. The Bertz CT molecular complexity index is 258. The minimum absolute atomic E-state index is 0.388. The maximum atomic E-state index is 6.04. The van der Waals surface area contributed by atoms with Crippen LogP contribution < -0.4 is 5.32 Å². The molecule has 0 amide bonds. The topological polar surface area (TPSA) is 21.3 Å². The van der Waals surface area contributed by atoms with Crippen LogP contribution in [0.25, 0.3) is 0 Å². The highest BCUT2D eigenvalue weighted by atomic mass is 16.5. The van der Waals surface area contributed by atoms with E-state index >= 15 is 0 Å². The van der Waals surface area contributed by atoms with Crippen molar-refractivity contribution in [2.75, 3.05) is 6.54 Å². The zero-order chi connectivity index (χ0) is 14.6. The Morgan fingerprint density at radius 1 is 1.11 bits per heavy atom. The summed E-state index contributed by atoms with van der Waals surface area (Å²) in [7, 11) is 0. The van der Waals surface area contributed by atoms with Crippen molar-refractivity contribution in [3.8, 4) is 0 Å². The van der Waals surface area contributed by atoms with Gasteiger partial charge in [-0.25, -0.2) is 0 Å². The summed E-state index contributed by atoms with van der Waals surface area (Å²) < 4.78 is 6.04. The number of ether oxygens (including phenoxy) is 1. The monoisotopic (exact) mass is 269 g/mol. The summed E-state index contributed by atoms with van der Waals surface area (Å²) in [6, 6.07) is 0.606. The molecule has 1 saturated heterocycles. The number of hydrogen-bond donors (Lipinski definition) is 1. The van der Waals surface area contributed by atoms with E-state index in [2.05, 4.69) is 53.8 Å². The van der Waals surface area contributed by atoms with Crippen molar-refractivity contribution >= 4 is 0 Å². The Hall–Kier alpha value is -0.0800. The highest BCUT2D eigenvalue weighted by molar-refractivity contribution is 4.92. The first-order chi connectivity index (χ1) is 8.76. The Morgan fingerprint density at radius 2 is 1.74 bits per heavy atom. The zero-order valence-corrected chi connectivity index (χ0v) is 14.1. The van der Waals surface area contributed by atoms with E-state index in [4.69, 9.17) is 4.74 Å². The maximum Gasteiger partial charge on any atom is 0.0597 e. The van der Waals surface area contributed by atoms with Crippen molar-refractivity contribution in [3.63, 3.8) is 0 Å². The Balaban J connectivity index is 2.67. The van der Waals surface area contributed by atoms with Crippen LogP contribution in [0.4, 0.5) is 0 Å². The number of rotatable bonds is 6. The first kappa shape index (κ1) is 17.0. The van der Waals surface area contributed by atoms with Gasteiger partial charge < -0.3 is 10.1 Å². The number of nitrogens with one attached hydrogen (secondary N) is 1. The Morgan fingerprint density at radius 3 is 2.16 bits per heavy atom. The normalized spacial score (nSPS) is 33.6. The SMILES string of the molecule is CCCNC(CCC(C)(C)C)C1C(C)OC(C)C1C. The summed E-state index contributed by atoms with van der Waals surface area (Å²) in [5, 5.41) is 3.79. The first-order valence-corrected chi connectivity index (χ1v) is 8.15. The molecule has 1 fully saturated rings. The zero-order valence-electron chi connectivity index (χ0n) is 14.1. The molecule has 5 atom stereocenters. The second kappa shape index (κ2) is 7.08. The summed E-state index contributed by atoms with van der Waals surface area (Å²) in [5.41, 5.74) is 0.420. The van der Waals surface area contributed by atoms with Gasteiger partial charge in [-0.3, -0.25) is 0 Å². The van der Waals surface area contributed by atoms with Gasteiger partial charge in [0.1, 0.15) is 0 Å². The standard InChI is InChI=1S/C17H35NO/c1-8-11-18-15(9-10-17(5,6)7)16-12(2)13(3)19-14(16)4/h12-16,18H,8-11H2,1-7H3. The minimum atomic E-state index is 0.388. The lowest BCUT2D eigenvalue weighted by molar-refractivity contribution is 0.0467. The van der Waals surface area contributed by atoms with Gasteiger partial charge in [-0.1, -0.05) is 34.6 Å². The Kier molecular flexibility index (Phi) is 6.32. The van der Waals surface area contributed by atoms with Gasteiger partial charge in [0.25, 0.3) is 0 Å². The van der Waals surface area contributed by atoms with Crippen molar-refractivity contribution in [2.24, 2.45) is 17.3 Å². The van der Waals surface area contributed by atoms with Crippen LogP contribution in [-0.4, -0.2) is 24.8 Å². The molecular weight excluding hydrogens is 234 g/mol. The molecule has 1 aliphatic heterocycles. The molecule has 1 aliphatic rings. The summed E-state index contributed by atoms with van der Waals surface area (Å²) in [5.74, 6) is 1.31. The largest absolute Gasteiger partial charge is 0.375 e. The van der Waals surface area contributed by atoms with E-state index in [0.717, 1.165) is 6.54 Å². The summed E-state index contributed by atoms with van der Waals surface area (Å²) in [4.78, 5) is 0. The second-order valence-electron chi connectivity index (χ2n) is 7.64.